The SMILES string of the molecule is CC(C)C(NC(=O)[C@@H]1C[C@H](c2ccccc2)CN1C(=O)[C@@H](CC1CCCCC1)NC(=O)c1ccc2ccccc2c1)C(O)C(N)=O. The molecule has 1 saturated heterocycles. The number of rotatable bonds is 11. The molecule has 244 valence electrons. The number of carbonyl (C=O) groups is 4. The first-order valence-corrected chi connectivity index (χ1v) is 16.5. The number of aliphatic hydroxyl groups is 1. The Morgan fingerprint density at radius 2 is 1.57 bits per heavy atom. The molecule has 1 aliphatic heterocycles. The minimum absolute atomic E-state index is 0.106. The number of nitrogens with zero attached hydrogens (tertiary/aromatic N) is 1. The molecule has 0 bridgehead atoms. The van der Waals surface area contributed by atoms with E-state index in [-0.39, 0.29) is 29.6 Å². The fourth-order valence-corrected chi connectivity index (χ4v) is 7.09. The van der Waals surface area contributed by atoms with Gasteiger partial charge < -0.3 is 26.4 Å². The maximum absolute atomic E-state index is 14.6. The van der Waals surface area contributed by atoms with E-state index in [1.807, 2.05) is 66.7 Å². The summed E-state index contributed by atoms with van der Waals surface area (Å²) in [4.78, 5) is 55.6. The fourth-order valence-electron chi connectivity index (χ4n) is 7.09. The number of aliphatic hydroxyl groups excluding tert-OH is 1. The monoisotopic (exact) mass is 626 g/mol. The third-order valence-electron chi connectivity index (χ3n) is 9.73. The van der Waals surface area contributed by atoms with Gasteiger partial charge in [0, 0.05) is 18.0 Å². The summed E-state index contributed by atoms with van der Waals surface area (Å²) in [6.45, 7) is 3.87. The van der Waals surface area contributed by atoms with E-state index in [0.717, 1.165) is 42.0 Å². The quantitative estimate of drug-likeness (QED) is 0.251. The van der Waals surface area contributed by atoms with Crippen LogP contribution in [-0.2, 0) is 14.4 Å². The molecule has 5 atom stereocenters. The van der Waals surface area contributed by atoms with Crippen molar-refractivity contribution >= 4 is 34.4 Å². The predicted octanol–water partition coefficient (Wildman–Crippen LogP) is 4.28. The molecule has 46 heavy (non-hydrogen) atoms. The van der Waals surface area contributed by atoms with E-state index in [9.17, 15) is 24.3 Å². The first kappa shape index (κ1) is 33.1. The molecular formula is C37H46N4O5. The lowest BCUT2D eigenvalue weighted by atomic mass is 9.84. The van der Waals surface area contributed by atoms with Crippen LogP contribution in [0.25, 0.3) is 10.8 Å². The Morgan fingerprint density at radius 3 is 2.24 bits per heavy atom. The number of benzene rings is 3. The average molecular weight is 627 g/mol. The van der Waals surface area contributed by atoms with Crippen LogP contribution < -0.4 is 16.4 Å². The van der Waals surface area contributed by atoms with E-state index in [1.54, 1.807) is 24.8 Å². The summed E-state index contributed by atoms with van der Waals surface area (Å²) in [6.07, 6.45) is 4.63. The summed E-state index contributed by atoms with van der Waals surface area (Å²) >= 11 is 0. The molecule has 0 aromatic heterocycles. The van der Waals surface area contributed by atoms with Gasteiger partial charge in [0.25, 0.3) is 5.91 Å². The van der Waals surface area contributed by atoms with E-state index in [2.05, 4.69) is 10.6 Å². The standard InChI is InChI=1S/C37H46N4O5/c1-23(2)32(33(42)34(38)43)40-36(45)31-21-29(25-13-7-4-8-14-25)22-41(31)37(46)30(19-24-11-5-3-6-12-24)39-35(44)28-18-17-26-15-9-10-16-27(26)20-28/h4,7-10,13-18,20,23-24,29-33,42H,3,5-6,11-12,19,21-22H2,1-2H3,(H2,38,43)(H,39,44)(H,40,45)/t29-,30+,31-,32?,33?/m0/s1. The number of carbonyl (C=O) groups excluding carboxylic acids is 4. The second-order valence-corrected chi connectivity index (χ2v) is 13.3. The molecule has 0 radical (unpaired) electrons. The summed E-state index contributed by atoms with van der Waals surface area (Å²) in [7, 11) is 0. The van der Waals surface area contributed by atoms with Crippen molar-refractivity contribution in [2.75, 3.05) is 6.54 Å². The largest absolute Gasteiger partial charge is 0.381 e. The highest BCUT2D eigenvalue weighted by atomic mass is 16.3. The molecule has 1 aliphatic carbocycles. The van der Waals surface area contributed by atoms with Crippen molar-refractivity contribution in [3.8, 4) is 0 Å². The van der Waals surface area contributed by atoms with Crippen LogP contribution in [0.1, 0.15) is 80.6 Å². The molecule has 9 nitrogen and oxygen atoms in total. The Balaban J connectivity index is 1.43. The van der Waals surface area contributed by atoms with E-state index < -0.39 is 36.0 Å². The van der Waals surface area contributed by atoms with Crippen molar-refractivity contribution in [3.63, 3.8) is 0 Å². The van der Waals surface area contributed by atoms with Crippen LogP contribution in [0.3, 0.4) is 0 Å². The number of nitrogens with two attached hydrogens (primary N) is 1. The Bertz CT molecular complexity index is 1540. The Morgan fingerprint density at radius 1 is 0.891 bits per heavy atom. The van der Waals surface area contributed by atoms with Gasteiger partial charge in [-0.2, -0.15) is 0 Å². The molecular weight excluding hydrogens is 580 g/mol. The lowest BCUT2D eigenvalue weighted by Crippen LogP contribution is -2.58. The summed E-state index contributed by atoms with van der Waals surface area (Å²) in [5.41, 5.74) is 6.87. The minimum atomic E-state index is -1.57. The number of hydrogen-bond donors (Lipinski definition) is 4. The Kier molecular flexibility index (Phi) is 10.7. The molecule has 1 heterocycles. The number of hydrogen-bond acceptors (Lipinski definition) is 5. The number of amides is 4. The molecule has 5 rings (SSSR count). The van der Waals surface area contributed by atoms with Crippen molar-refractivity contribution in [1.82, 2.24) is 15.5 Å². The van der Waals surface area contributed by atoms with Crippen LogP contribution in [0, 0.1) is 11.8 Å². The molecule has 0 spiro atoms. The topological polar surface area (TPSA) is 142 Å². The highest BCUT2D eigenvalue weighted by Gasteiger charge is 2.44. The van der Waals surface area contributed by atoms with E-state index in [1.165, 1.54) is 6.42 Å². The normalized spacial score (nSPS) is 20.7. The third-order valence-corrected chi connectivity index (χ3v) is 9.73. The summed E-state index contributed by atoms with van der Waals surface area (Å²) in [5.74, 6) is -2.12. The van der Waals surface area contributed by atoms with Crippen molar-refractivity contribution in [2.24, 2.45) is 17.6 Å². The number of primary amides is 1. The van der Waals surface area contributed by atoms with Gasteiger partial charge in [0.05, 0.1) is 6.04 Å². The second kappa shape index (κ2) is 14.9. The highest BCUT2D eigenvalue weighted by Crippen LogP contribution is 2.34. The van der Waals surface area contributed by atoms with Gasteiger partial charge in [0.2, 0.25) is 17.7 Å². The van der Waals surface area contributed by atoms with Crippen LogP contribution in [0.2, 0.25) is 0 Å². The lowest BCUT2D eigenvalue weighted by Gasteiger charge is -2.33. The molecule has 2 unspecified atom stereocenters. The molecule has 9 heteroatoms. The first-order valence-electron chi connectivity index (χ1n) is 16.5. The van der Waals surface area contributed by atoms with Crippen LogP contribution in [-0.4, -0.2) is 64.4 Å². The van der Waals surface area contributed by atoms with Gasteiger partial charge in [0.15, 0.2) is 6.10 Å². The van der Waals surface area contributed by atoms with Gasteiger partial charge in [-0.05, 0) is 53.1 Å². The smallest absolute Gasteiger partial charge is 0.251 e. The zero-order valence-electron chi connectivity index (χ0n) is 26.7. The molecule has 5 N–H and O–H groups in total. The van der Waals surface area contributed by atoms with Crippen molar-refractivity contribution in [2.45, 2.75) is 88.9 Å². The minimum Gasteiger partial charge on any atom is -0.381 e. The fraction of sp³-hybridized carbons (Fsp3) is 0.459. The van der Waals surface area contributed by atoms with Crippen LogP contribution >= 0.6 is 0 Å². The van der Waals surface area contributed by atoms with E-state index in [4.69, 9.17) is 5.73 Å². The highest BCUT2D eigenvalue weighted by molar-refractivity contribution is 6.01. The zero-order chi connectivity index (χ0) is 32.8. The van der Waals surface area contributed by atoms with Crippen LogP contribution in [0.4, 0.5) is 0 Å². The van der Waals surface area contributed by atoms with Crippen molar-refractivity contribution < 1.29 is 24.3 Å². The maximum atomic E-state index is 14.6. The Labute approximate surface area is 270 Å². The average Bonchev–Trinajstić information content (AvgIpc) is 3.52. The molecule has 2 fully saturated rings. The van der Waals surface area contributed by atoms with Gasteiger partial charge in [-0.3, -0.25) is 19.2 Å². The summed E-state index contributed by atoms with van der Waals surface area (Å²) in [6, 6.07) is 20.5. The van der Waals surface area contributed by atoms with E-state index >= 15 is 0 Å². The van der Waals surface area contributed by atoms with E-state index in [0.29, 0.717) is 24.9 Å². The van der Waals surface area contributed by atoms with Crippen LogP contribution in [0.5, 0.6) is 0 Å². The van der Waals surface area contributed by atoms with Gasteiger partial charge in [-0.1, -0.05) is 107 Å². The van der Waals surface area contributed by atoms with Gasteiger partial charge in [-0.15, -0.1) is 0 Å². The molecule has 3 aromatic carbocycles. The third kappa shape index (κ3) is 7.76. The first-order chi connectivity index (χ1) is 22.1. The van der Waals surface area contributed by atoms with Crippen LogP contribution in [0.15, 0.2) is 72.8 Å². The number of likely N-dealkylation sites (tertiary alicyclic amines) is 1. The zero-order valence-corrected chi connectivity index (χ0v) is 26.7. The second-order valence-electron chi connectivity index (χ2n) is 13.3. The van der Waals surface area contributed by atoms with Crippen molar-refractivity contribution in [3.05, 3.63) is 83.9 Å². The predicted molar refractivity (Wildman–Crippen MR) is 178 cm³/mol. The lowest BCUT2D eigenvalue weighted by molar-refractivity contribution is -0.141. The number of fused-ring (bicyclic) bond motifs is 1. The van der Waals surface area contributed by atoms with Gasteiger partial charge in [0.1, 0.15) is 12.1 Å². The van der Waals surface area contributed by atoms with Crippen molar-refractivity contribution in [1.29, 1.82) is 0 Å². The number of nitrogens with one attached hydrogen (secondary N) is 2. The summed E-state index contributed by atoms with van der Waals surface area (Å²) in [5, 5.41) is 18.3. The van der Waals surface area contributed by atoms with Gasteiger partial charge >= 0.3 is 0 Å². The Hall–Kier alpha value is -4.24. The maximum Gasteiger partial charge on any atom is 0.251 e. The molecule has 4 amide bonds. The summed E-state index contributed by atoms with van der Waals surface area (Å²) < 4.78 is 0. The van der Waals surface area contributed by atoms with Gasteiger partial charge in [-0.25, -0.2) is 0 Å². The molecule has 1 saturated carbocycles. The molecule has 2 aliphatic rings. The molecule has 3 aromatic rings.